The molecule has 5 nitrogen and oxygen atoms in total. The molecule has 2 rings (SSSR count). The number of alkyl halides is 2. The molecule has 0 bridgehead atoms. The van der Waals surface area contributed by atoms with Crippen LogP contribution in [0.4, 0.5) is 8.78 Å². The summed E-state index contributed by atoms with van der Waals surface area (Å²) in [5, 5.41) is 5.89. The van der Waals surface area contributed by atoms with Gasteiger partial charge in [-0.25, -0.2) is 13.8 Å². The SMILES string of the molecule is CON(CCCc1c(Cl)cc(Cl)cc1Cl)C(=O)c1cn(C)nc1C(F)F. The Hall–Kier alpha value is -1.41. The average molecular weight is 427 g/mol. The van der Waals surface area contributed by atoms with E-state index in [1.807, 2.05) is 0 Å². The van der Waals surface area contributed by atoms with E-state index in [0.29, 0.717) is 33.5 Å². The third kappa shape index (κ3) is 4.85. The maximum atomic E-state index is 13.0. The first kappa shape index (κ1) is 20.9. The molecule has 0 N–H and O–H groups in total. The van der Waals surface area contributed by atoms with Gasteiger partial charge in [-0.2, -0.15) is 5.10 Å². The van der Waals surface area contributed by atoms with E-state index in [0.717, 1.165) is 9.75 Å². The van der Waals surface area contributed by atoms with Crippen molar-refractivity contribution in [3.8, 4) is 0 Å². The molecule has 1 amide bonds. The van der Waals surface area contributed by atoms with Crippen molar-refractivity contribution in [1.29, 1.82) is 0 Å². The lowest BCUT2D eigenvalue weighted by Crippen LogP contribution is -2.31. The van der Waals surface area contributed by atoms with E-state index in [9.17, 15) is 13.6 Å². The Labute approximate surface area is 164 Å². The predicted molar refractivity (Wildman–Crippen MR) is 96.0 cm³/mol. The Morgan fingerprint density at radius 1 is 1.31 bits per heavy atom. The highest BCUT2D eigenvalue weighted by Gasteiger charge is 2.26. The largest absolute Gasteiger partial charge is 0.282 e. The van der Waals surface area contributed by atoms with Crippen LogP contribution < -0.4 is 0 Å². The van der Waals surface area contributed by atoms with Crippen molar-refractivity contribution in [3.63, 3.8) is 0 Å². The van der Waals surface area contributed by atoms with Crippen LogP contribution >= 0.6 is 34.8 Å². The van der Waals surface area contributed by atoms with E-state index >= 15 is 0 Å². The van der Waals surface area contributed by atoms with Crippen LogP contribution in [0.25, 0.3) is 0 Å². The molecule has 0 unspecified atom stereocenters. The Balaban J connectivity index is 2.07. The number of rotatable bonds is 7. The highest BCUT2D eigenvalue weighted by molar-refractivity contribution is 6.39. The summed E-state index contributed by atoms with van der Waals surface area (Å²) in [6.45, 7) is 0.155. The summed E-state index contributed by atoms with van der Waals surface area (Å²) in [6.07, 6.45) is -0.717. The third-order valence-electron chi connectivity index (χ3n) is 3.64. The van der Waals surface area contributed by atoms with Crippen LogP contribution in [0.2, 0.25) is 15.1 Å². The zero-order valence-electron chi connectivity index (χ0n) is 14.0. The normalized spacial score (nSPS) is 11.2. The van der Waals surface area contributed by atoms with Crippen LogP contribution in [-0.4, -0.2) is 34.4 Å². The zero-order chi connectivity index (χ0) is 19.4. The van der Waals surface area contributed by atoms with Gasteiger partial charge in [0.05, 0.1) is 12.7 Å². The van der Waals surface area contributed by atoms with E-state index in [4.69, 9.17) is 39.6 Å². The van der Waals surface area contributed by atoms with Crippen molar-refractivity contribution in [3.05, 3.63) is 50.2 Å². The number of aromatic nitrogens is 2. The van der Waals surface area contributed by atoms with Gasteiger partial charge < -0.3 is 0 Å². The Morgan fingerprint density at radius 2 is 1.92 bits per heavy atom. The van der Waals surface area contributed by atoms with Gasteiger partial charge in [0.2, 0.25) is 0 Å². The van der Waals surface area contributed by atoms with E-state index in [2.05, 4.69) is 5.10 Å². The standard InChI is InChI=1S/C16H16Cl3F2N3O2/c1-23-8-11(14(22-23)15(20)21)16(25)24(26-2)5-3-4-10-12(18)6-9(17)7-13(10)19/h6-8,15H,3-5H2,1-2H3. The summed E-state index contributed by atoms with van der Waals surface area (Å²) in [7, 11) is 2.75. The number of halogens is 5. The van der Waals surface area contributed by atoms with Gasteiger partial charge in [-0.15, -0.1) is 0 Å². The van der Waals surface area contributed by atoms with Gasteiger partial charge in [-0.3, -0.25) is 14.3 Å². The third-order valence-corrected chi connectivity index (χ3v) is 4.53. The lowest BCUT2D eigenvalue weighted by molar-refractivity contribution is -0.0956. The Morgan fingerprint density at radius 3 is 2.46 bits per heavy atom. The van der Waals surface area contributed by atoms with Crippen LogP contribution in [0.3, 0.4) is 0 Å². The maximum Gasteiger partial charge on any atom is 0.282 e. The number of carbonyl (C=O) groups is 1. The summed E-state index contributed by atoms with van der Waals surface area (Å²) in [5.41, 5.74) is -0.0915. The maximum absolute atomic E-state index is 13.0. The lowest BCUT2D eigenvalue weighted by Gasteiger charge is -2.19. The first-order valence-electron chi connectivity index (χ1n) is 7.55. The number of aryl methyl sites for hydroxylation is 1. The van der Waals surface area contributed by atoms with Gasteiger partial charge in [0, 0.05) is 34.9 Å². The second kappa shape index (κ2) is 8.99. The summed E-state index contributed by atoms with van der Waals surface area (Å²) in [5.74, 6) is -0.691. The van der Waals surface area contributed by atoms with Gasteiger partial charge in [-0.1, -0.05) is 34.8 Å². The van der Waals surface area contributed by atoms with Crippen molar-refractivity contribution in [2.24, 2.45) is 7.05 Å². The molecule has 0 spiro atoms. The molecular formula is C16H16Cl3F2N3O2. The molecule has 0 aliphatic heterocycles. The minimum absolute atomic E-state index is 0.155. The van der Waals surface area contributed by atoms with Gasteiger partial charge in [0.1, 0.15) is 5.69 Å². The van der Waals surface area contributed by atoms with E-state index in [1.165, 1.54) is 20.4 Å². The number of amides is 1. The second-order valence-corrected chi connectivity index (χ2v) is 6.69. The quantitative estimate of drug-likeness (QED) is 0.588. The molecule has 0 fully saturated rings. The number of hydroxylamine groups is 2. The molecule has 10 heteroatoms. The number of carbonyl (C=O) groups excluding carboxylic acids is 1. The van der Waals surface area contributed by atoms with Crippen molar-refractivity contribution < 1.29 is 18.4 Å². The topological polar surface area (TPSA) is 47.4 Å². The molecule has 2 aromatic rings. The minimum Gasteiger partial charge on any atom is -0.275 e. The van der Waals surface area contributed by atoms with Gasteiger partial charge in [0.25, 0.3) is 12.3 Å². The molecule has 0 aliphatic rings. The van der Waals surface area contributed by atoms with Crippen molar-refractivity contribution in [2.75, 3.05) is 13.7 Å². The number of hydrogen-bond acceptors (Lipinski definition) is 3. The van der Waals surface area contributed by atoms with Crippen LogP contribution in [0.1, 0.15) is 34.5 Å². The summed E-state index contributed by atoms with van der Waals surface area (Å²) in [6, 6.07) is 3.15. The van der Waals surface area contributed by atoms with Gasteiger partial charge >= 0.3 is 0 Å². The number of hydrogen-bond donors (Lipinski definition) is 0. The molecule has 1 aromatic heterocycles. The zero-order valence-corrected chi connectivity index (χ0v) is 16.2. The fraction of sp³-hybridized carbons (Fsp3) is 0.375. The number of nitrogens with zero attached hydrogens (tertiary/aromatic N) is 3. The summed E-state index contributed by atoms with van der Waals surface area (Å²) in [4.78, 5) is 17.5. The monoisotopic (exact) mass is 425 g/mol. The fourth-order valence-corrected chi connectivity index (χ4v) is 3.46. The fourth-order valence-electron chi connectivity index (χ4n) is 2.45. The molecule has 0 saturated heterocycles. The van der Waals surface area contributed by atoms with E-state index < -0.39 is 18.0 Å². The summed E-state index contributed by atoms with van der Waals surface area (Å²) >= 11 is 18.1. The first-order chi connectivity index (χ1) is 12.2. The first-order valence-corrected chi connectivity index (χ1v) is 8.69. The van der Waals surface area contributed by atoms with Crippen molar-refractivity contribution in [2.45, 2.75) is 19.3 Å². The van der Waals surface area contributed by atoms with Crippen LogP contribution in [0.15, 0.2) is 18.3 Å². The highest BCUT2D eigenvalue weighted by Crippen LogP contribution is 2.30. The Kier molecular flexibility index (Phi) is 7.23. The molecule has 0 aliphatic carbocycles. The molecule has 0 atom stereocenters. The predicted octanol–water partition coefficient (Wildman–Crippen LogP) is 4.95. The molecule has 26 heavy (non-hydrogen) atoms. The molecule has 142 valence electrons. The van der Waals surface area contributed by atoms with Crippen LogP contribution in [-0.2, 0) is 18.3 Å². The van der Waals surface area contributed by atoms with Gasteiger partial charge in [0.15, 0.2) is 0 Å². The lowest BCUT2D eigenvalue weighted by atomic mass is 10.1. The number of benzene rings is 1. The molecular weight excluding hydrogens is 411 g/mol. The molecule has 0 radical (unpaired) electrons. The highest BCUT2D eigenvalue weighted by atomic mass is 35.5. The Bertz CT molecular complexity index is 776. The van der Waals surface area contributed by atoms with Crippen LogP contribution in [0, 0.1) is 0 Å². The smallest absolute Gasteiger partial charge is 0.275 e. The minimum atomic E-state index is -2.86. The average Bonchev–Trinajstić information content (AvgIpc) is 2.95. The molecule has 1 heterocycles. The molecule has 0 saturated carbocycles. The van der Waals surface area contributed by atoms with E-state index in [-0.39, 0.29) is 12.1 Å². The van der Waals surface area contributed by atoms with Crippen LogP contribution in [0.5, 0.6) is 0 Å². The van der Waals surface area contributed by atoms with Crippen molar-refractivity contribution in [1.82, 2.24) is 14.8 Å². The molecule has 1 aromatic carbocycles. The van der Waals surface area contributed by atoms with E-state index in [1.54, 1.807) is 12.1 Å². The van der Waals surface area contributed by atoms with Crippen molar-refractivity contribution >= 4 is 40.7 Å². The summed E-state index contributed by atoms with van der Waals surface area (Å²) < 4.78 is 27.2. The van der Waals surface area contributed by atoms with Gasteiger partial charge in [-0.05, 0) is 30.5 Å². The second-order valence-electron chi connectivity index (χ2n) is 5.44.